The highest BCUT2D eigenvalue weighted by Gasteiger charge is 2.27. The van der Waals surface area contributed by atoms with E-state index in [2.05, 4.69) is 15.9 Å². The van der Waals surface area contributed by atoms with E-state index in [4.69, 9.17) is 0 Å². The van der Waals surface area contributed by atoms with Crippen LogP contribution in [-0.4, -0.2) is 25.5 Å². The Hall–Kier alpha value is -3.90. The average molecular weight is 489 g/mol. The van der Waals surface area contributed by atoms with E-state index in [1.165, 1.54) is 0 Å². The predicted molar refractivity (Wildman–Crippen MR) is 128 cm³/mol. The normalized spacial score (nSPS) is 11.3. The topological polar surface area (TPSA) is 101 Å². The van der Waals surface area contributed by atoms with Crippen LogP contribution in [0.15, 0.2) is 77.3 Å². The number of rotatable bonds is 2. The van der Waals surface area contributed by atoms with Crippen LogP contribution in [0.1, 0.15) is 0 Å². The predicted octanol–water partition coefficient (Wildman–Crippen LogP) is 6.62. The van der Waals surface area contributed by atoms with Crippen LogP contribution in [0.25, 0.3) is 43.8 Å². The number of aromatic hydroxyl groups is 5. The van der Waals surface area contributed by atoms with Gasteiger partial charge in [-0.05, 0) is 44.8 Å². The minimum atomic E-state index is -0.983. The van der Waals surface area contributed by atoms with Crippen LogP contribution in [0, 0.1) is 0 Å². The smallest absolute Gasteiger partial charge is 0.208 e. The van der Waals surface area contributed by atoms with Crippen molar-refractivity contribution in [3.63, 3.8) is 0 Å². The zero-order chi connectivity index (χ0) is 22.6. The molecule has 5 N–H and O–H groups in total. The molecule has 0 amide bonds. The van der Waals surface area contributed by atoms with Crippen molar-refractivity contribution in [1.82, 2.24) is 0 Å². The monoisotopic (exact) mass is 488 g/mol. The van der Waals surface area contributed by atoms with Crippen LogP contribution < -0.4 is 0 Å². The maximum Gasteiger partial charge on any atom is 0.208 e. The lowest BCUT2D eigenvalue weighted by atomic mass is 9.85. The summed E-state index contributed by atoms with van der Waals surface area (Å²) in [5.74, 6) is -4.22. The third kappa shape index (κ3) is 2.84. The number of hydrogen-bond donors (Lipinski definition) is 5. The van der Waals surface area contributed by atoms with Crippen LogP contribution in [-0.2, 0) is 0 Å². The van der Waals surface area contributed by atoms with E-state index >= 15 is 0 Å². The number of hydrogen-bond acceptors (Lipinski definition) is 5. The molecule has 5 nitrogen and oxygen atoms in total. The number of halogens is 1. The Morgan fingerprint density at radius 3 is 1.22 bits per heavy atom. The summed E-state index contributed by atoms with van der Waals surface area (Å²) < 4.78 is 0.955. The van der Waals surface area contributed by atoms with E-state index in [1.807, 2.05) is 72.8 Å². The van der Waals surface area contributed by atoms with Gasteiger partial charge in [-0.25, -0.2) is 0 Å². The lowest BCUT2D eigenvalue weighted by molar-refractivity contribution is 0.330. The summed E-state index contributed by atoms with van der Waals surface area (Å²) >= 11 is 3.47. The van der Waals surface area contributed by atoms with Gasteiger partial charge in [0.1, 0.15) is 0 Å². The van der Waals surface area contributed by atoms with E-state index < -0.39 is 28.7 Å². The Morgan fingerprint density at radius 2 is 0.781 bits per heavy atom. The second kappa shape index (κ2) is 7.35. The number of fused-ring (bicyclic) bond motifs is 2. The fourth-order valence-corrected chi connectivity index (χ4v) is 4.51. The summed E-state index contributed by atoms with van der Waals surface area (Å²) in [4.78, 5) is 0. The molecule has 0 unspecified atom stereocenters. The molecule has 32 heavy (non-hydrogen) atoms. The second-order valence-corrected chi connectivity index (χ2v) is 8.38. The standard InChI is InChI=1S/C26H17BrO5/c27-14-11-9-13(10-12-14)19-15-5-1-3-7-17(15)20(18-8-4-2-6-16(18)19)21-22(28)24(30)26(32)25(31)23(21)29/h1-12,28-32H. The zero-order valence-electron chi connectivity index (χ0n) is 16.5. The van der Waals surface area contributed by atoms with Gasteiger partial charge in [0.15, 0.2) is 11.5 Å². The molecule has 5 aromatic rings. The van der Waals surface area contributed by atoms with Gasteiger partial charge in [0.2, 0.25) is 17.2 Å². The first-order chi connectivity index (χ1) is 15.4. The highest BCUT2D eigenvalue weighted by atomic mass is 79.9. The molecule has 0 spiro atoms. The Kier molecular flexibility index (Phi) is 4.60. The number of benzene rings is 5. The van der Waals surface area contributed by atoms with E-state index in [0.717, 1.165) is 26.4 Å². The van der Waals surface area contributed by atoms with Crippen LogP contribution in [0.5, 0.6) is 28.7 Å². The molecule has 6 heteroatoms. The van der Waals surface area contributed by atoms with Crippen LogP contribution in [0.4, 0.5) is 0 Å². The molecule has 0 heterocycles. The van der Waals surface area contributed by atoms with Crippen LogP contribution in [0.3, 0.4) is 0 Å². The lowest BCUT2D eigenvalue weighted by Crippen LogP contribution is -1.92. The quantitative estimate of drug-likeness (QED) is 0.109. The Labute approximate surface area is 191 Å². The molecule has 0 saturated carbocycles. The second-order valence-electron chi connectivity index (χ2n) is 7.47. The van der Waals surface area contributed by atoms with Gasteiger partial charge in [0, 0.05) is 10.0 Å². The maximum absolute atomic E-state index is 10.7. The summed E-state index contributed by atoms with van der Waals surface area (Å²) in [7, 11) is 0. The maximum atomic E-state index is 10.7. The Morgan fingerprint density at radius 1 is 0.406 bits per heavy atom. The van der Waals surface area contributed by atoms with Crippen molar-refractivity contribution >= 4 is 37.5 Å². The third-order valence-electron chi connectivity index (χ3n) is 5.69. The van der Waals surface area contributed by atoms with E-state index in [-0.39, 0.29) is 5.56 Å². The fourth-order valence-electron chi connectivity index (χ4n) is 4.25. The van der Waals surface area contributed by atoms with Crippen molar-refractivity contribution in [2.75, 3.05) is 0 Å². The molecule has 0 aromatic heterocycles. The molecule has 5 aromatic carbocycles. The van der Waals surface area contributed by atoms with Gasteiger partial charge in [-0.3, -0.25) is 0 Å². The summed E-state index contributed by atoms with van der Waals surface area (Å²) in [6.45, 7) is 0. The van der Waals surface area contributed by atoms with Crippen molar-refractivity contribution in [3.05, 3.63) is 77.3 Å². The zero-order valence-corrected chi connectivity index (χ0v) is 18.1. The van der Waals surface area contributed by atoms with E-state index in [9.17, 15) is 25.5 Å². The largest absolute Gasteiger partial charge is 0.504 e. The molecule has 0 aliphatic carbocycles. The van der Waals surface area contributed by atoms with Gasteiger partial charge in [-0.2, -0.15) is 0 Å². The van der Waals surface area contributed by atoms with Gasteiger partial charge in [0.25, 0.3) is 0 Å². The first kappa shape index (κ1) is 20.0. The molecule has 0 fully saturated rings. The third-order valence-corrected chi connectivity index (χ3v) is 6.21. The molecular weight excluding hydrogens is 472 g/mol. The van der Waals surface area contributed by atoms with Gasteiger partial charge in [0.05, 0.1) is 5.56 Å². The molecule has 0 atom stereocenters. The highest BCUT2D eigenvalue weighted by molar-refractivity contribution is 9.10. The van der Waals surface area contributed by atoms with E-state index in [1.54, 1.807) is 0 Å². The van der Waals surface area contributed by atoms with Crippen molar-refractivity contribution in [1.29, 1.82) is 0 Å². The molecule has 0 saturated heterocycles. The molecule has 0 aliphatic rings. The van der Waals surface area contributed by atoms with Gasteiger partial charge in [-0.15, -0.1) is 0 Å². The van der Waals surface area contributed by atoms with Crippen molar-refractivity contribution in [3.8, 4) is 51.0 Å². The summed E-state index contributed by atoms with van der Waals surface area (Å²) in [6.07, 6.45) is 0. The molecule has 158 valence electrons. The number of phenols is 5. The summed E-state index contributed by atoms with van der Waals surface area (Å²) in [5, 5.41) is 54.7. The summed E-state index contributed by atoms with van der Waals surface area (Å²) in [5.41, 5.74) is 2.22. The minimum Gasteiger partial charge on any atom is -0.504 e. The highest BCUT2D eigenvalue weighted by Crippen LogP contribution is 2.57. The fraction of sp³-hybridized carbons (Fsp3) is 0. The first-order valence-corrected chi connectivity index (χ1v) is 10.6. The minimum absolute atomic E-state index is 0.160. The molecule has 0 bridgehead atoms. The van der Waals surface area contributed by atoms with E-state index in [0.29, 0.717) is 16.3 Å². The van der Waals surface area contributed by atoms with Crippen molar-refractivity contribution < 1.29 is 25.5 Å². The van der Waals surface area contributed by atoms with Crippen LogP contribution >= 0.6 is 15.9 Å². The first-order valence-electron chi connectivity index (χ1n) is 9.78. The van der Waals surface area contributed by atoms with Gasteiger partial charge >= 0.3 is 0 Å². The van der Waals surface area contributed by atoms with Crippen molar-refractivity contribution in [2.45, 2.75) is 0 Å². The Balaban J connectivity index is 2.02. The van der Waals surface area contributed by atoms with Crippen molar-refractivity contribution in [2.24, 2.45) is 0 Å². The summed E-state index contributed by atoms with van der Waals surface area (Å²) in [6, 6.07) is 23.0. The van der Waals surface area contributed by atoms with Gasteiger partial charge in [-0.1, -0.05) is 76.6 Å². The number of phenolic OH excluding ortho intramolecular Hbond substituents is 5. The average Bonchev–Trinajstić information content (AvgIpc) is 2.82. The van der Waals surface area contributed by atoms with Gasteiger partial charge < -0.3 is 25.5 Å². The van der Waals surface area contributed by atoms with Crippen LogP contribution in [0.2, 0.25) is 0 Å². The molecular formula is C26H17BrO5. The lowest BCUT2D eigenvalue weighted by Gasteiger charge is -2.20. The SMILES string of the molecule is Oc1c(O)c(O)c(-c2c3ccccc3c(-c3ccc(Br)cc3)c3ccccc23)c(O)c1O. The molecule has 5 rings (SSSR count). The molecule has 0 aliphatic heterocycles. The molecule has 0 radical (unpaired) electrons. The Bertz CT molecular complexity index is 1440.